The van der Waals surface area contributed by atoms with Crippen LogP contribution in [0.2, 0.25) is 5.02 Å². The van der Waals surface area contributed by atoms with Crippen LogP contribution in [-0.2, 0) is 15.7 Å². The molecule has 0 radical (unpaired) electrons. The Balaban J connectivity index is 2.11. The van der Waals surface area contributed by atoms with Crippen molar-refractivity contribution in [2.75, 3.05) is 13.7 Å². The molecule has 0 fully saturated rings. The van der Waals surface area contributed by atoms with Crippen LogP contribution >= 0.6 is 11.6 Å². The van der Waals surface area contributed by atoms with Gasteiger partial charge in [0.25, 0.3) is 0 Å². The molecule has 134 valence electrons. The Hall–Kier alpha value is -2.41. The summed E-state index contributed by atoms with van der Waals surface area (Å²) in [6.07, 6.45) is -5.69. The number of ether oxygens (including phenoxy) is 3. The van der Waals surface area contributed by atoms with E-state index in [0.717, 1.165) is 19.2 Å². The van der Waals surface area contributed by atoms with Crippen molar-refractivity contribution in [3.05, 3.63) is 59.1 Å². The van der Waals surface area contributed by atoms with E-state index in [-0.39, 0.29) is 23.1 Å². The van der Waals surface area contributed by atoms with Crippen LogP contribution in [0.3, 0.4) is 0 Å². The monoisotopic (exact) mass is 374 g/mol. The second kappa shape index (κ2) is 8.11. The van der Waals surface area contributed by atoms with Gasteiger partial charge in [0.05, 0.1) is 17.7 Å². The van der Waals surface area contributed by atoms with Gasteiger partial charge >= 0.3 is 12.1 Å². The molecule has 4 nitrogen and oxygen atoms in total. The standard InChI is InChI=1S/C17H14ClF3O4/c1-23-16(22)15(25-14-8-3-2-7-13(14)18)10-24-12-6-4-5-11(9-12)17(19,20)21/h2-9,15H,10H2,1H3. The molecule has 8 heteroatoms. The van der Waals surface area contributed by atoms with Gasteiger partial charge in [-0.05, 0) is 30.3 Å². The van der Waals surface area contributed by atoms with Crippen LogP contribution in [0.5, 0.6) is 11.5 Å². The first-order valence-electron chi connectivity index (χ1n) is 7.10. The number of halogens is 4. The van der Waals surface area contributed by atoms with Crippen LogP contribution in [0.25, 0.3) is 0 Å². The normalized spacial score (nSPS) is 12.4. The lowest BCUT2D eigenvalue weighted by Crippen LogP contribution is -2.34. The maximum absolute atomic E-state index is 12.7. The highest BCUT2D eigenvalue weighted by molar-refractivity contribution is 6.32. The number of benzene rings is 2. The van der Waals surface area contributed by atoms with Crippen molar-refractivity contribution in [3.63, 3.8) is 0 Å². The molecule has 0 saturated carbocycles. The van der Waals surface area contributed by atoms with E-state index in [9.17, 15) is 18.0 Å². The summed E-state index contributed by atoms with van der Waals surface area (Å²) in [6, 6.07) is 10.8. The highest BCUT2D eigenvalue weighted by Crippen LogP contribution is 2.31. The van der Waals surface area contributed by atoms with Crippen LogP contribution < -0.4 is 9.47 Å². The van der Waals surface area contributed by atoms with E-state index < -0.39 is 23.8 Å². The van der Waals surface area contributed by atoms with E-state index in [1.807, 2.05) is 0 Å². The second-order valence-corrected chi connectivity index (χ2v) is 5.30. The lowest BCUT2D eigenvalue weighted by Gasteiger charge is -2.18. The Morgan fingerprint density at radius 3 is 2.52 bits per heavy atom. The minimum Gasteiger partial charge on any atom is -0.489 e. The molecule has 0 aliphatic heterocycles. The smallest absolute Gasteiger partial charge is 0.416 e. The zero-order valence-corrected chi connectivity index (χ0v) is 13.8. The van der Waals surface area contributed by atoms with Crippen LogP contribution in [-0.4, -0.2) is 25.8 Å². The van der Waals surface area contributed by atoms with Crippen molar-refractivity contribution < 1.29 is 32.2 Å². The van der Waals surface area contributed by atoms with Gasteiger partial charge in [-0.2, -0.15) is 13.2 Å². The number of para-hydroxylation sites is 1. The van der Waals surface area contributed by atoms with E-state index in [2.05, 4.69) is 4.74 Å². The van der Waals surface area contributed by atoms with Crippen molar-refractivity contribution in [1.29, 1.82) is 0 Å². The molecule has 2 aromatic rings. The summed E-state index contributed by atoms with van der Waals surface area (Å²) in [4.78, 5) is 11.8. The molecule has 0 aliphatic rings. The molecule has 2 rings (SSSR count). The second-order valence-electron chi connectivity index (χ2n) is 4.90. The summed E-state index contributed by atoms with van der Waals surface area (Å²) >= 11 is 5.96. The number of carbonyl (C=O) groups excluding carboxylic acids is 1. The van der Waals surface area contributed by atoms with E-state index in [0.29, 0.717) is 0 Å². The fourth-order valence-electron chi connectivity index (χ4n) is 1.91. The van der Waals surface area contributed by atoms with Crippen LogP contribution in [0.4, 0.5) is 13.2 Å². The molecule has 25 heavy (non-hydrogen) atoms. The Morgan fingerprint density at radius 2 is 1.88 bits per heavy atom. The predicted octanol–water partition coefficient (Wildman–Crippen LogP) is 4.36. The van der Waals surface area contributed by atoms with Gasteiger partial charge in [0.1, 0.15) is 18.1 Å². The molecular formula is C17H14ClF3O4. The number of methoxy groups -OCH3 is 1. The minimum atomic E-state index is -4.49. The molecule has 0 heterocycles. The summed E-state index contributed by atoms with van der Waals surface area (Å²) in [5, 5.41) is 0.274. The Morgan fingerprint density at radius 1 is 1.16 bits per heavy atom. The van der Waals surface area contributed by atoms with Gasteiger partial charge in [0, 0.05) is 0 Å². The molecule has 0 aliphatic carbocycles. The third kappa shape index (κ3) is 5.29. The SMILES string of the molecule is COC(=O)C(COc1cccc(C(F)(F)F)c1)Oc1ccccc1Cl. The summed E-state index contributed by atoms with van der Waals surface area (Å²) in [5.74, 6) is -0.564. The van der Waals surface area contributed by atoms with Crippen molar-refractivity contribution in [2.45, 2.75) is 12.3 Å². The highest BCUT2D eigenvalue weighted by atomic mass is 35.5. The summed E-state index contributed by atoms with van der Waals surface area (Å²) in [6.45, 7) is -0.348. The molecule has 0 bridgehead atoms. The predicted molar refractivity (Wildman–Crippen MR) is 84.8 cm³/mol. The quantitative estimate of drug-likeness (QED) is 0.705. The summed E-state index contributed by atoms with van der Waals surface area (Å²) < 4.78 is 53.5. The first-order valence-corrected chi connectivity index (χ1v) is 7.48. The largest absolute Gasteiger partial charge is 0.489 e. The summed E-state index contributed by atoms with van der Waals surface area (Å²) in [5.41, 5.74) is -0.855. The zero-order valence-electron chi connectivity index (χ0n) is 13.0. The molecule has 0 aromatic heterocycles. The molecular weight excluding hydrogens is 361 g/mol. The summed E-state index contributed by atoms with van der Waals surface area (Å²) in [7, 11) is 1.16. The van der Waals surface area contributed by atoms with Gasteiger partial charge < -0.3 is 14.2 Å². The van der Waals surface area contributed by atoms with Crippen molar-refractivity contribution in [3.8, 4) is 11.5 Å². The average Bonchev–Trinajstić information content (AvgIpc) is 2.59. The molecule has 0 N–H and O–H groups in total. The lowest BCUT2D eigenvalue weighted by atomic mass is 10.2. The number of hydrogen-bond donors (Lipinski definition) is 0. The van der Waals surface area contributed by atoms with Crippen molar-refractivity contribution in [1.82, 2.24) is 0 Å². The molecule has 0 saturated heterocycles. The maximum Gasteiger partial charge on any atom is 0.416 e. The first kappa shape index (κ1) is 18.9. The van der Waals surface area contributed by atoms with Crippen molar-refractivity contribution in [2.24, 2.45) is 0 Å². The van der Waals surface area contributed by atoms with Gasteiger partial charge in [0.15, 0.2) is 0 Å². The van der Waals surface area contributed by atoms with E-state index in [4.69, 9.17) is 21.1 Å². The Bertz CT molecular complexity index is 734. The fourth-order valence-corrected chi connectivity index (χ4v) is 2.09. The van der Waals surface area contributed by atoms with Crippen molar-refractivity contribution >= 4 is 17.6 Å². The third-order valence-electron chi connectivity index (χ3n) is 3.13. The lowest BCUT2D eigenvalue weighted by molar-refractivity contribution is -0.150. The van der Waals surface area contributed by atoms with E-state index in [1.165, 1.54) is 12.1 Å². The first-order chi connectivity index (χ1) is 11.8. The van der Waals surface area contributed by atoms with Gasteiger partial charge in [0.2, 0.25) is 6.10 Å². The number of esters is 1. The third-order valence-corrected chi connectivity index (χ3v) is 3.44. The van der Waals surface area contributed by atoms with E-state index >= 15 is 0 Å². The number of rotatable bonds is 6. The van der Waals surface area contributed by atoms with Gasteiger partial charge in [-0.25, -0.2) is 4.79 Å². The fraction of sp³-hybridized carbons (Fsp3) is 0.235. The molecule has 0 spiro atoms. The Labute approximate surface area is 147 Å². The minimum absolute atomic E-state index is 0.0495. The molecule has 2 aromatic carbocycles. The van der Waals surface area contributed by atoms with Gasteiger partial charge in [-0.3, -0.25) is 0 Å². The molecule has 1 atom stereocenters. The number of hydrogen-bond acceptors (Lipinski definition) is 4. The average molecular weight is 375 g/mol. The maximum atomic E-state index is 12.7. The number of alkyl halides is 3. The van der Waals surface area contributed by atoms with Crippen LogP contribution in [0, 0.1) is 0 Å². The highest BCUT2D eigenvalue weighted by Gasteiger charge is 2.31. The van der Waals surface area contributed by atoms with E-state index in [1.54, 1.807) is 24.3 Å². The zero-order chi connectivity index (χ0) is 18.4. The topological polar surface area (TPSA) is 44.8 Å². The van der Waals surface area contributed by atoms with Crippen LogP contribution in [0.15, 0.2) is 48.5 Å². The Kier molecular flexibility index (Phi) is 6.14. The molecule has 1 unspecified atom stereocenters. The number of carbonyl (C=O) groups is 1. The van der Waals surface area contributed by atoms with Crippen LogP contribution in [0.1, 0.15) is 5.56 Å². The van der Waals surface area contributed by atoms with Gasteiger partial charge in [-0.15, -0.1) is 0 Å². The van der Waals surface area contributed by atoms with Gasteiger partial charge in [-0.1, -0.05) is 29.8 Å². The molecule has 0 amide bonds.